The highest BCUT2D eigenvalue weighted by atomic mass is 16.1. The van der Waals surface area contributed by atoms with E-state index in [-0.39, 0.29) is 5.91 Å². The van der Waals surface area contributed by atoms with Crippen molar-refractivity contribution in [1.29, 1.82) is 5.41 Å². The number of benzene rings is 1. The van der Waals surface area contributed by atoms with E-state index in [0.717, 1.165) is 5.69 Å². The predicted molar refractivity (Wildman–Crippen MR) is 94.8 cm³/mol. The van der Waals surface area contributed by atoms with Gasteiger partial charge in [-0.1, -0.05) is 26.0 Å². The smallest absolute Gasteiger partial charge is 0.257 e. The van der Waals surface area contributed by atoms with Gasteiger partial charge in [-0.3, -0.25) is 4.79 Å². The lowest BCUT2D eigenvalue weighted by atomic mass is 10.0. The number of anilines is 2. The van der Waals surface area contributed by atoms with Crippen LogP contribution in [-0.4, -0.2) is 23.7 Å². The first-order valence-corrected chi connectivity index (χ1v) is 7.57. The van der Waals surface area contributed by atoms with Gasteiger partial charge >= 0.3 is 0 Å². The largest absolute Gasteiger partial charge is 0.373 e. The van der Waals surface area contributed by atoms with Crippen molar-refractivity contribution >= 4 is 23.1 Å². The van der Waals surface area contributed by atoms with E-state index in [2.05, 4.69) is 29.5 Å². The lowest BCUT2D eigenvalue weighted by Gasteiger charge is -2.11. The van der Waals surface area contributed by atoms with Crippen LogP contribution in [0.15, 0.2) is 36.5 Å². The Bertz CT molecular complexity index is 720. The van der Waals surface area contributed by atoms with Crippen LogP contribution >= 0.6 is 0 Å². The second-order valence-corrected chi connectivity index (χ2v) is 5.73. The van der Waals surface area contributed by atoms with Crippen molar-refractivity contribution in [3.05, 3.63) is 53.2 Å². The summed E-state index contributed by atoms with van der Waals surface area (Å²) in [5.74, 6) is 0.812. The van der Waals surface area contributed by atoms with Crippen LogP contribution in [0.4, 0.5) is 11.5 Å². The number of rotatable bonds is 5. The molecular weight excluding hydrogens is 288 g/mol. The van der Waals surface area contributed by atoms with Crippen molar-refractivity contribution < 1.29 is 4.79 Å². The summed E-state index contributed by atoms with van der Waals surface area (Å²) < 4.78 is 0. The Balaban J connectivity index is 2.20. The molecule has 2 aromatic rings. The van der Waals surface area contributed by atoms with Crippen LogP contribution < -0.4 is 10.6 Å². The van der Waals surface area contributed by atoms with E-state index in [0.29, 0.717) is 28.6 Å². The zero-order valence-corrected chi connectivity index (χ0v) is 13.9. The Morgan fingerprint density at radius 3 is 2.39 bits per heavy atom. The summed E-state index contributed by atoms with van der Waals surface area (Å²) in [5.41, 5.74) is 3.38. The van der Waals surface area contributed by atoms with Gasteiger partial charge in [0.1, 0.15) is 5.82 Å². The highest BCUT2D eigenvalue weighted by molar-refractivity contribution is 6.07. The lowest BCUT2D eigenvalue weighted by Crippen LogP contribution is -2.14. The maximum absolute atomic E-state index is 12.4. The first kappa shape index (κ1) is 16.7. The monoisotopic (exact) mass is 310 g/mol. The van der Waals surface area contributed by atoms with Crippen LogP contribution in [0.1, 0.15) is 48.2 Å². The Kier molecular flexibility index (Phi) is 5.11. The Morgan fingerprint density at radius 2 is 1.87 bits per heavy atom. The van der Waals surface area contributed by atoms with Crippen molar-refractivity contribution in [2.24, 2.45) is 0 Å². The quantitative estimate of drug-likeness (QED) is 0.733. The molecule has 0 aliphatic carbocycles. The molecule has 0 atom stereocenters. The highest BCUT2D eigenvalue weighted by Gasteiger charge is 2.12. The van der Waals surface area contributed by atoms with E-state index >= 15 is 0 Å². The number of nitrogens with one attached hydrogen (secondary N) is 3. The van der Waals surface area contributed by atoms with Crippen molar-refractivity contribution in [2.75, 3.05) is 17.7 Å². The fourth-order valence-electron chi connectivity index (χ4n) is 2.23. The second-order valence-electron chi connectivity index (χ2n) is 5.73. The van der Waals surface area contributed by atoms with E-state index in [4.69, 9.17) is 5.41 Å². The van der Waals surface area contributed by atoms with Gasteiger partial charge in [-0.05, 0) is 36.6 Å². The number of carbonyl (C=O) groups is 1. The molecule has 1 aromatic heterocycles. The molecule has 1 heterocycles. The van der Waals surface area contributed by atoms with Gasteiger partial charge < -0.3 is 16.0 Å². The number of hydrogen-bond acceptors (Lipinski definition) is 4. The number of aromatic nitrogens is 1. The van der Waals surface area contributed by atoms with E-state index in [1.165, 1.54) is 11.8 Å². The van der Waals surface area contributed by atoms with Crippen LogP contribution in [0.5, 0.6) is 0 Å². The maximum Gasteiger partial charge on any atom is 0.257 e. The van der Waals surface area contributed by atoms with Gasteiger partial charge in [0.25, 0.3) is 5.91 Å². The first-order chi connectivity index (χ1) is 10.9. The standard InChI is InChI=1S/C18H22N4O/c1-11(2)13-5-7-15(8-6-13)22-18(23)14-9-16(12(3)19)17(20-4)21-10-14/h5-11,19H,1-4H3,(H,20,21)(H,22,23). The van der Waals surface area contributed by atoms with Gasteiger partial charge in [-0.2, -0.15) is 0 Å². The predicted octanol–water partition coefficient (Wildman–Crippen LogP) is 3.89. The minimum absolute atomic E-state index is 0.236. The Morgan fingerprint density at radius 1 is 1.22 bits per heavy atom. The number of nitrogens with zero attached hydrogens (tertiary/aromatic N) is 1. The number of hydrogen-bond donors (Lipinski definition) is 3. The van der Waals surface area contributed by atoms with Gasteiger partial charge in [0.15, 0.2) is 0 Å². The summed E-state index contributed by atoms with van der Waals surface area (Å²) in [6.45, 7) is 5.93. The van der Waals surface area contributed by atoms with Crippen molar-refractivity contribution in [2.45, 2.75) is 26.7 Å². The summed E-state index contributed by atoms with van der Waals surface area (Å²) in [6, 6.07) is 9.49. The molecule has 0 aliphatic heterocycles. The summed E-state index contributed by atoms with van der Waals surface area (Å²) in [7, 11) is 1.74. The second kappa shape index (κ2) is 7.05. The molecule has 0 unspecified atom stereocenters. The van der Waals surface area contributed by atoms with Gasteiger partial charge in [0.05, 0.1) is 5.56 Å². The van der Waals surface area contributed by atoms with E-state index in [1.54, 1.807) is 20.0 Å². The fourth-order valence-corrected chi connectivity index (χ4v) is 2.23. The van der Waals surface area contributed by atoms with Gasteiger partial charge in [0, 0.05) is 30.2 Å². The third-order valence-corrected chi connectivity index (χ3v) is 3.63. The molecule has 0 spiro atoms. The molecule has 1 aromatic carbocycles. The number of amides is 1. The minimum Gasteiger partial charge on any atom is -0.373 e. The van der Waals surface area contributed by atoms with Crippen LogP contribution in [0.3, 0.4) is 0 Å². The summed E-state index contributed by atoms with van der Waals surface area (Å²) in [5, 5.41) is 13.6. The molecule has 0 saturated heterocycles. The van der Waals surface area contributed by atoms with E-state index in [1.807, 2.05) is 24.3 Å². The molecule has 0 bridgehead atoms. The molecule has 2 rings (SSSR count). The van der Waals surface area contributed by atoms with Gasteiger partial charge in [-0.15, -0.1) is 0 Å². The molecule has 0 saturated carbocycles. The van der Waals surface area contributed by atoms with Gasteiger partial charge in [-0.25, -0.2) is 4.98 Å². The molecular formula is C18H22N4O. The molecule has 5 heteroatoms. The lowest BCUT2D eigenvalue weighted by molar-refractivity contribution is 0.102. The molecule has 3 N–H and O–H groups in total. The molecule has 0 fully saturated rings. The van der Waals surface area contributed by atoms with E-state index in [9.17, 15) is 4.79 Å². The van der Waals surface area contributed by atoms with Crippen LogP contribution in [0.25, 0.3) is 0 Å². The third-order valence-electron chi connectivity index (χ3n) is 3.63. The molecule has 5 nitrogen and oxygen atoms in total. The maximum atomic E-state index is 12.4. The summed E-state index contributed by atoms with van der Waals surface area (Å²) in [4.78, 5) is 16.6. The van der Waals surface area contributed by atoms with Crippen LogP contribution in [0.2, 0.25) is 0 Å². The minimum atomic E-state index is -0.236. The van der Waals surface area contributed by atoms with Crippen molar-refractivity contribution in [3.8, 4) is 0 Å². The number of carbonyl (C=O) groups excluding carboxylic acids is 1. The molecule has 120 valence electrons. The third kappa shape index (κ3) is 3.94. The molecule has 0 radical (unpaired) electrons. The van der Waals surface area contributed by atoms with Crippen molar-refractivity contribution in [1.82, 2.24) is 4.98 Å². The van der Waals surface area contributed by atoms with Crippen molar-refractivity contribution in [3.63, 3.8) is 0 Å². The first-order valence-electron chi connectivity index (χ1n) is 7.57. The Hall–Kier alpha value is -2.69. The Labute approximate surface area is 136 Å². The number of pyridine rings is 1. The normalized spacial score (nSPS) is 10.5. The van der Waals surface area contributed by atoms with Gasteiger partial charge in [0.2, 0.25) is 0 Å². The molecule has 0 aliphatic rings. The topological polar surface area (TPSA) is 77.9 Å². The molecule has 23 heavy (non-hydrogen) atoms. The zero-order valence-electron chi connectivity index (χ0n) is 13.9. The SMILES string of the molecule is CNc1ncc(C(=O)Nc2ccc(C(C)C)cc2)cc1C(C)=N. The average molecular weight is 310 g/mol. The average Bonchev–Trinajstić information content (AvgIpc) is 2.54. The highest BCUT2D eigenvalue weighted by Crippen LogP contribution is 2.19. The molecule has 1 amide bonds. The summed E-state index contributed by atoms with van der Waals surface area (Å²) >= 11 is 0. The van der Waals surface area contributed by atoms with E-state index < -0.39 is 0 Å². The zero-order chi connectivity index (χ0) is 17.0. The van der Waals surface area contributed by atoms with Crippen LogP contribution in [-0.2, 0) is 0 Å². The van der Waals surface area contributed by atoms with Crippen LogP contribution in [0, 0.1) is 5.41 Å². The fraction of sp³-hybridized carbons (Fsp3) is 0.278. The summed E-state index contributed by atoms with van der Waals surface area (Å²) in [6.07, 6.45) is 1.51.